The van der Waals surface area contributed by atoms with Crippen molar-refractivity contribution in [1.82, 2.24) is 19.9 Å². The molecule has 19 heavy (non-hydrogen) atoms. The third-order valence-electron chi connectivity index (χ3n) is 4.04. The Morgan fingerprint density at radius 1 is 1.32 bits per heavy atom. The van der Waals surface area contributed by atoms with Gasteiger partial charge in [-0.15, -0.1) is 5.10 Å². The number of hydrogen-bond acceptors (Lipinski definition) is 4. The van der Waals surface area contributed by atoms with E-state index in [9.17, 15) is 0 Å². The van der Waals surface area contributed by atoms with Crippen molar-refractivity contribution in [3.63, 3.8) is 0 Å². The zero-order valence-electron chi connectivity index (χ0n) is 11.2. The van der Waals surface area contributed by atoms with E-state index in [1.807, 2.05) is 29.9 Å². The Kier molecular flexibility index (Phi) is 3.22. The summed E-state index contributed by atoms with van der Waals surface area (Å²) in [6.07, 6.45) is 4.17. The molecule has 0 radical (unpaired) electrons. The highest BCUT2D eigenvalue weighted by Gasteiger charge is 2.29. The Morgan fingerprint density at radius 3 is 2.74 bits per heavy atom. The van der Waals surface area contributed by atoms with E-state index in [0.717, 1.165) is 42.0 Å². The van der Waals surface area contributed by atoms with Crippen LogP contribution in [0.2, 0.25) is 0 Å². The molecule has 3 rings (SSSR count). The summed E-state index contributed by atoms with van der Waals surface area (Å²) in [5.74, 6) is 0.830. The summed E-state index contributed by atoms with van der Waals surface area (Å²) in [5.41, 5.74) is 1.14. The van der Waals surface area contributed by atoms with Crippen molar-refractivity contribution in [2.75, 3.05) is 25.0 Å². The molecule has 0 bridgehead atoms. The molecule has 0 spiro atoms. The molecule has 2 aromatic heterocycles. The van der Waals surface area contributed by atoms with Crippen molar-refractivity contribution in [2.24, 2.45) is 0 Å². The zero-order valence-corrected chi connectivity index (χ0v) is 12.8. The molecule has 1 fully saturated rings. The summed E-state index contributed by atoms with van der Waals surface area (Å²) in [5, 5.41) is 7.96. The molecular weight excluding hydrogens is 306 g/mol. The first-order valence-corrected chi connectivity index (χ1v) is 7.35. The quantitative estimate of drug-likeness (QED) is 0.919. The van der Waals surface area contributed by atoms with Gasteiger partial charge in [0.05, 0.1) is 0 Å². The molecule has 3 heterocycles. The maximum absolute atomic E-state index is 4.59. The van der Waals surface area contributed by atoms with Gasteiger partial charge in [-0.05, 0) is 54.9 Å². The van der Waals surface area contributed by atoms with Gasteiger partial charge in [-0.25, -0.2) is 4.52 Å². The van der Waals surface area contributed by atoms with Gasteiger partial charge < -0.3 is 10.2 Å². The first kappa shape index (κ1) is 12.9. The highest BCUT2D eigenvalue weighted by atomic mass is 79.9. The van der Waals surface area contributed by atoms with Gasteiger partial charge in [0, 0.05) is 29.3 Å². The largest absolute Gasteiger partial charge is 0.339 e. The van der Waals surface area contributed by atoms with Crippen LogP contribution in [-0.2, 0) is 0 Å². The second kappa shape index (κ2) is 4.76. The lowest BCUT2D eigenvalue weighted by Gasteiger charge is -2.38. The lowest BCUT2D eigenvalue weighted by atomic mass is 9.90. The van der Waals surface area contributed by atoms with Crippen LogP contribution in [0.25, 0.3) is 5.65 Å². The second-order valence-electron chi connectivity index (χ2n) is 5.36. The maximum atomic E-state index is 4.59. The van der Waals surface area contributed by atoms with Crippen LogP contribution in [0.3, 0.4) is 0 Å². The number of fused-ring (bicyclic) bond motifs is 1. The Morgan fingerprint density at radius 2 is 2.05 bits per heavy atom. The smallest absolute Gasteiger partial charge is 0.245 e. The van der Waals surface area contributed by atoms with Crippen LogP contribution in [0.1, 0.15) is 19.8 Å². The third-order valence-corrected chi connectivity index (χ3v) is 4.51. The van der Waals surface area contributed by atoms with Gasteiger partial charge in [0.15, 0.2) is 5.65 Å². The Bertz CT molecular complexity index is 586. The number of hydrogen-bond donors (Lipinski definition) is 1. The molecule has 1 aliphatic heterocycles. The van der Waals surface area contributed by atoms with Crippen molar-refractivity contribution in [2.45, 2.75) is 25.3 Å². The number of nitrogens with one attached hydrogen (secondary N) is 1. The molecule has 0 unspecified atom stereocenters. The highest BCUT2D eigenvalue weighted by molar-refractivity contribution is 9.10. The number of halogens is 1. The fourth-order valence-electron chi connectivity index (χ4n) is 2.43. The highest BCUT2D eigenvalue weighted by Crippen LogP contribution is 2.24. The summed E-state index contributed by atoms with van der Waals surface area (Å²) < 4.78 is 2.84. The monoisotopic (exact) mass is 323 g/mol. The minimum atomic E-state index is 0.249. The van der Waals surface area contributed by atoms with Gasteiger partial charge in [0.1, 0.15) is 0 Å². The van der Waals surface area contributed by atoms with Gasteiger partial charge in [-0.3, -0.25) is 0 Å². The van der Waals surface area contributed by atoms with Gasteiger partial charge in [-0.2, -0.15) is 4.98 Å². The molecule has 2 aromatic rings. The van der Waals surface area contributed by atoms with Crippen LogP contribution < -0.4 is 10.2 Å². The molecule has 1 N–H and O–H groups in total. The minimum Gasteiger partial charge on any atom is -0.339 e. The van der Waals surface area contributed by atoms with E-state index in [1.54, 1.807) is 0 Å². The summed E-state index contributed by atoms with van der Waals surface area (Å²) in [6, 6.07) is 3.96. The molecule has 0 aliphatic carbocycles. The summed E-state index contributed by atoms with van der Waals surface area (Å²) in [7, 11) is 2.04. The molecule has 5 nitrogen and oxygen atoms in total. The number of rotatable bonds is 2. The standard InChI is InChI=1S/C13H18BrN5/c1-13(15-2)5-7-18(8-6-13)12-16-11-4-3-10(14)9-19(11)17-12/h3-4,9,15H,5-8H2,1-2H3. The molecule has 0 atom stereocenters. The molecule has 6 heteroatoms. The van der Waals surface area contributed by atoms with Crippen LogP contribution in [0.15, 0.2) is 22.8 Å². The molecule has 0 saturated carbocycles. The zero-order chi connectivity index (χ0) is 13.5. The van der Waals surface area contributed by atoms with E-state index in [2.05, 4.69) is 43.2 Å². The predicted octanol–water partition coefficient (Wildman–Crippen LogP) is 2.07. The molecule has 1 saturated heterocycles. The number of nitrogens with zero attached hydrogens (tertiary/aromatic N) is 4. The number of pyridine rings is 1. The van der Waals surface area contributed by atoms with E-state index >= 15 is 0 Å². The minimum absolute atomic E-state index is 0.249. The van der Waals surface area contributed by atoms with Crippen molar-refractivity contribution < 1.29 is 0 Å². The summed E-state index contributed by atoms with van der Waals surface area (Å²) in [6.45, 7) is 4.27. The SMILES string of the molecule is CNC1(C)CCN(c2nc3ccc(Br)cn3n2)CC1. The first-order chi connectivity index (χ1) is 9.09. The Hall–Kier alpha value is -1.14. The van der Waals surface area contributed by atoms with Crippen LogP contribution in [0.5, 0.6) is 0 Å². The van der Waals surface area contributed by atoms with Gasteiger partial charge in [0.25, 0.3) is 0 Å². The molecule has 0 aromatic carbocycles. The van der Waals surface area contributed by atoms with Gasteiger partial charge in [-0.1, -0.05) is 0 Å². The third kappa shape index (κ3) is 2.47. The lowest BCUT2D eigenvalue weighted by molar-refractivity contribution is 0.303. The number of aromatic nitrogens is 3. The van der Waals surface area contributed by atoms with E-state index in [-0.39, 0.29) is 5.54 Å². The molecule has 1 aliphatic rings. The van der Waals surface area contributed by atoms with Gasteiger partial charge >= 0.3 is 0 Å². The lowest BCUT2D eigenvalue weighted by Crippen LogP contribution is -2.50. The number of anilines is 1. The number of piperidine rings is 1. The van der Waals surface area contributed by atoms with Crippen molar-refractivity contribution in [3.05, 3.63) is 22.8 Å². The van der Waals surface area contributed by atoms with Crippen LogP contribution in [0.4, 0.5) is 5.95 Å². The average Bonchev–Trinajstić information content (AvgIpc) is 2.82. The van der Waals surface area contributed by atoms with E-state index in [0.29, 0.717) is 0 Å². The Labute approximate surface area is 121 Å². The summed E-state index contributed by atoms with van der Waals surface area (Å²) in [4.78, 5) is 6.85. The fraction of sp³-hybridized carbons (Fsp3) is 0.538. The van der Waals surface area contributed by atoms with Crippen molar-refractivity contribution >= 4 is 27.5 Å². The fourth-order valence-corrected chi connectivity index (χ4v) is 2.76. The van der Waals surface area contributed by atoms with E-state index < -0.39 is 0 Å². The normalized spacial score (nSPS) is 19.0. The average molecular weight is 324 g/mol. The van der Waals surface area contributed by atoms with E-state index in [1.165, 1.54) is 0 Å². The maximum Gasteiger partial charge on any atom is 0.245 e. The predicted molar refractivity (Wildman–Crippen MR) is 79.6 cm³/mol. The second-order valence-corrected chi connectivity index (χ2v) is 6.28. The summed E-state index contributed by atoms with van der Waals surface area (Å²) >= 11 is 3.45. The first-order valence-electron chi connectivity index (χ1n) is 6.55. The molecule has 0 amide bonds. The van der Waals surface area contributed by atoms with Gasteiger partial charge in [0.2, 0.25) is 5.95 Å². The molecule has 102 valence electrons. The molecular formula is C13H18BrN5. The van der Waals surface area contributed by atoms with Crippen LogP contribution >= 0.6 is 15.9 Å². The Balaban J connectivity index is 1.82. The van der Waals surface area contributed by atoms with Crippen molar-refractivity contribution in [1.29, 1.82) is 0 Å². The van der Waals surface area contributed by atoms with Crippen molar-refractivity contribution in [3.8, 4) is 0 Å². The van der Waals surface area contributed by atoms with Crippen LogP contribution in [-0.4, -0.2) is 40.3 Å². The topological polar surface area (TPSA) is 45.5 Å². The van der Waals surface area contributed by atoms with Crippen LogP contribution in [0, 0.1) is 0 Å². The van der Waals surface area contributed by atoms with E-state index in [4.69, 9.17) is 0 Å².